The third kappa shape index (κ3) is 23.2. The van der Waals surface area contributed by atoms with Gasteiger partial charge in [0.05, 0.1) is 19.4 Å². The Morgan fingerprint density at radius 1 is 0.439 bits per heavy atom. The number of thioether (sulfide) groups is 8. The highest BCUT2D eigenvalue weighted by molar-refractivity contribution is 8.01. The topological polar surface area (TPSA) is 247 Å². The third-order valence-electron chi connectivity index (χ3n) is 20.4. The zero-order valence-electron chi connectivity index (χ0n) is 67.1. The Morgan fingerprint density at radius 3 is 1.63 bits per heavy atom. The molecule has 2 N–H and O–H groups in total. The second kappa shape index (κ2) is 42.5. The summed E-state index contributed by atoms with van der Waals surface area (Å²) in [4.78, 5) is 137. The fourth-order valence-electron chi connectivity index (χ4n) is 14.4. The van der Waals surface area contributed by atoms with Gasteiger partial charge in [0.1, 0.15) is 11.9 Å². The number of aliphatic carboxylic acids is 1. The number of benzene rings is 12. The summed E-state index contributed by atoms with van der Waals surface area (Å²) in [7, 11) is 1.60. The number of carboxylic acid groups (broad SMARTS) is 1. The highest BCUT2D eigenvalue weighted by atomic mass is 35.5. The van der Waals surface area contributed by atoms with E-state index in [4.69, 9.17) is 37.8 Å². The molecule has 8 aliphatic rings. The van der Waals surface area contributed by atoms with Gasteiger partial charge in [0.15, 0.2) is 52.4 Å². The second-order valence-corrected chi connectivity index (χ2v) is 40.1. The Morgan fingerprint density at radius 2 is 0.951 bits per heavy atom. The van der Waals surface area contributed by atoms with Crippen LogP contribution < -0.4 is 4.74 Å². The van der Waals surface area contributed by atoms with Gasteiger partial charge in [-0.3, -0.25) is 52.7 Å². The van der Waals surface area contributed by atoms with Crippen molar-refractivity contribution in [2.24, 2.45) is 5.92 Å². The van der Waals surface area contributed by atoms with Crippen LogP contribution in [0.4, 0.5) is 0 Å². The molecule has 8 aliphatic heterocycles. The molecule has 0 aromatic heterocycles. The second-order valence-electron chi connectivity index (χ2n) is 29.6. The molecular weight excluding hydrogens is 1740 g/mol. The van der Waals surface area contributed by atoms with Crippen molar-refractivity contribution in [3.8, 4) is 5.75 Å². The van der Waals surface area contributed by atoms with Crippen molar-refractivity contribution in [3.05, 3.63) is 303 Å². The summed E-state index contributed by atoms with van der Waals surface area (Å²) in [5.41, 5.74) is 6.65. The highest BCUT2D eigenvalue weighted by Crippen LogP contribution is 2.45. The molecular formula is C98H82Cl2O15S8. The number of carbonyl (C=O) groups excluding carboxylic acids is 10. The van der Waals surface area contributed by atoms with Gasteiger partial charge in [-0.1, -0.05) is 175 Å². The average molecular weight is 1830 g/mol. The van der Waals surface area contributed by atoms with Gasteiger partial charge in [-0.2, -0.15) is 0 Å². The van der Waals surface area contributed by atoms with E-state index in [1.54, 1.807) is 127 Å². The summed E-state index contributed by atoms with van der Waals surface area (Å²) in [5.74, 6) is 3.67. The number of methoxy groups -OCH3 is 1. The Bertz CT molecular complexity index is 6090. The van der Waals surface area contributed by atoms with Crippen LogP contribution in [-0.4, -0.2) is 138 Å². The first-order valence-corrected chi connectivity index (χ1v) is 47.7. The maximum absolute atomic E-state index is 12.6. The number of ketones is 9. The summed E-state index contributed by atoms with van der Waals surface area (Å²) in [6.45, 7) is 5.50. The minimum Gasteiger partial charge on any atom is -0.497 e. The van der Waals surface area contributed by atoms with E-state index in [2.05, 4.69) is 62.4 Å². The van der Waals surface area contributed by atoms with E-state index in [0.717, 1.165) is 95.7 Å². The van der Waals surface area contributed by atoms with Crippen LogP contribution in [0.25, 0.3) is 32.3 Å². The third-order valence-corrected chi connectivity index (χ3v) is 30.1. The molecule has 0 fully saturated rings. The summed E-state index contributed by atoms with van der Waals surface area (Å²) in [6.07, 6.45) is 1.46. The van der Waals surface area contributed by atoms with Crippen molar-refractivity contribution in [3.63, 3.8) is 0 Å². The molecule has 0 saturated carbocycles. The Labute approximate surface area is 756 Å². The van der Waals surface area contributed by atoms with Crippen LogP contribution in [0.2, 0.25) is 10.0 Å². The first-order valence-electron chi connectivity index (χ1n) is 39.4. The number of Topliss-reactive ketones (excluding diaryl/α,β-unsaturated/α-hetero) is 9. The smallest absolute Gasteiger partial charge is 0.304 e. The minimum absolute atomic E-state index is 0.0118. The fourth-order valence-corrected chi connectivity index (χ4v) is 23.7. The molecule has 0 amide bonds. The summed E-state index contributed by atoms with van der Waals surface area (Å²) in [6, 6.07) is 76.6. The van der Waals surface area contributed by atoms with Gasteiger partial charge in [-0.25, -0.2) is 0 Å². The molecule has 123 heavy (non-hydrogen) atoms. The fraction of sp³-hybridized carbons (Fsp3) is 0.214. The molecule has 8 heterocycles. The number of carboxylic acids is 1. The maximum Gasteiger partial charge on any atom is 0.304 e. The number of aliphatic hydroxyl groups excluding tert-OH is 1. The van der Waals surface area contributed by atoms with Crippen LogP contribution in [0.1, 0.15) is 153 Å². The van der Waals surface area contributed by atoms with E-state index in [-0.39, 0.29) is 69.1 Å². The van der Waals surface area contributed by atoms with E-state index in [0.29, 0.717) is 86.6 Å². The van der Waals surface area contributed by atoms with Crippen LogP contribution in [0.15, 0.2) is 282 Å². The largest absolute Gasteiger partial charge is 0.497 e. The van der Waals surface area contributed by atoms with Crippen LogP contribution in [0, 0.1) is 5.92 Å². The Balaban J connectivity index is 0.000000121. The molecule has 0 saturated heterocycles. The molecule has 15 nitrogen and oxygen atoms in total. The van der Waals surface area contributed by atoms with Crippen molar-refractivity contribution in [2.75, 3.05) is 41.6 Å². The molecule has 0 bridgehead atoms. The van der Waals surface area contributed by atoms with Crippen molar-refractivity contribution < 1.29 is 72.4 Å². The van der Waals surface area contributed by atoms with Crippen LogP contribution >= 0.6 is 117 Å². The summed E-state index contributed by atoms with van der Waals surface area (Å²) in [5, 5.41) is 26.0. The Kier molecular flexibility index (Phi) is 31.5. The average Bonchev–Trinajstić information content (AvgIpc) is 0.793. The molecule has 0 radical (unpaired) electrons. The number of halogens is 2. The summed E-state index contributed by atoms with van der Waals surface area (Å²) < 4.78 is 10.1. The minimum atomic E-state index is -0.872. The normalized spacial score (nSPS) is 17.8. The first-order chi connectivity index (χ1) is 59.3. The number of rotatable bonds is 6. The quantitative estimate of drug-likeness (QED) is 0.0892. The van der Waals surface area contributed by atoms with Crippen molar-refractivity contribution in [2.45, 2.75) is 121 Å². The van der Waals surface area contributed by atoms with Crippen molar-refractivity contribution in [1.82, 2.24) is 0 Å². The molecule has 20 rings (SSSR count). The van der Waals surface area contributed by atoms with E-state index < -0.39 is 30.1 Å². The van der Waals surface area contributed by atoms with E-state index in [1.807, 2.05) is 133 Å². The number of fused-ring (bicyclic) bond motifs is 13. The number of esters is 1. The lowest BCUT2D eigenvalue weighted by Crippen LogP contribution is -2.32. The molecule has 25 heteroatoms. The number of carbonyl (C=O) groups is 11. The van der Waals surface area contributed by atoms with Gasteiger partial charge in [0.2, 0.25) is 5.78 Å². The zero-order valence-corrected chi connectivity index (χ0v) is 75.2. The maximum atomic E-state index is 12.6. The van der Waals surface area contributed by atoms with Crippen LogP contribution in [0.3, 0.4) is 0 Å². The van der Waals surface area contributed by atoms with E-state index in [9.17, 15) is 57.8 Å². The lowest BCUT2D eigenvalue weighted by Gasteiger charge is -2.29. The Hall–Kier alpha value is -9.47. The zero-order chi connectivity index (χ0) is 87.0. The van der Waals surface area contributed by atoms with E-state index in [1.165, 1.54) is 63.3 Å². The molecule has 0 spiro atoms. The lowest BCUT2D eigenvalue weighted by molar-refractivity contribution is -0.143. The number of aliphatic hydroxyl groups is 1. The van der Waals surface area contributed by atoms with Gasteiger partial charge in [-0.15, -0.1) is 94.1 Å². The van der Waals surface area contributed by atoms with Crippen LogP contribution in [0.5, 0.6) is 5.75 Å². The molecule has 4 unspecified atom stereocenters. The van der Waals surface area contributed by atoms with Gasteiger partial charge in [0.25, 0.3) is 0 Å². The summed E-state index contributed by atoms with van der Waals surface area (Å²) >= 11 is 24.8. The van der Waals surface area contributed by atoms with Crippen LogP contribution in [-0.2, 0) is 14.3 Å². The van der Waals surface area contributed by atoms with E-state index >= 15 is 0 Å². The highest BCUT2D eigenvalue weighted by Gasteiger charge is 2.36. The standard InChI is InChI=1S/C17H14O3S.3C13H10OS.C11H9ClO3S.C11H11ClOS.C11H10O3S.C9H8O2S/c1-20-12-7-8-13-15(9-12)21-10-14(17(13)19)16(18)11-5-3-2-4-6-11;14-12-5-6-15-13-8-10-4-2-1-3-9(10)7-11(12)13;14-11-7-8-15-12-6-5-9-3-1-2-4-10(9)13(11)12;14-12-7-8-15-13-10-4-2-1-3-9(10)5-6-11(12)13;12-6-1-2-10-8(3-6)9(13)4-7(16-10)5-11(14)15;1-11(2)6-9(13)8-5-7(12)3-4-10(8)14-11;1-7(12)14-9-6-15-10-5-3-2-4-8(10)11(9)13;10-7-5-12-8-4-2-1-3-6(8)9(7)11/h2-9,14H,10H2,1H3;1-4,7-8H,5-6H2;2*1-6H,7-8H2;1-3,7H,4-5H2,(H,14,15);3-5H,6H2,1-2H3;2-5,9H,6H2,1H3;1-4,7,10H,5H2. The van der Waals surface area contributed by atoms with Gasteiger partial charge in [-0.05, 0) is 137 Å². The lowest BCUT2D eigenvalue weighted by atomic mass is 9.91. The van der Waals surface area contributed by atoms with Gasteiger partial charge >= 0.3 is 11.9 Å². The predicted molar refractivity (Wildman–Crippen MR) is 500 cm³/mol. The van der Waals surface area contributed by atoms with Gasteiger partial charge < -0.3 is 19.7 Å². The monoisotopic (exact) mass is 1820 g/mol. The molecule has 626 valence electrons. The SMILES string of the molecule is CC(=O)OC1CSc2ccccc2C1=O.CC1(C)CC(=O)c2cc(Cl)ccc2S1.COc1ccc2c(c1)SCC(C(=O)c1ccccc1)C2=O.O=C(O)CC1CC(=O)c2cc(Cl)ccc2S1.O=C1CCSc2c1ccc1ccccc21.O=C1CCSc2cc3ccccc3cc21.O=C1CCSc2ccc3ccccc3c21.O=C1c2ccccc2SCC1O. The number of hydrogen-bond acceptors (Lipinski definition) is 22. The number of ether oxygens (including phenoxy) is 2. The molecule has 12 aromatic carbocycles. The molecule has 0 aliphatic carbocycles. The van der Waals surface area contributed by atoms with Crippen molar-refractivity contribution >= 4 is 214 Å². The van der Waals surface area contributed by atoms with Gasteiger partial charge in [0, 0.05) is 183 Å². The molecule has 12 aromatic rings. The predicted octanol–water partition coefficient (Wildman–Crippen LogP) is 23.9. The number of hydrogen-bond donors (Lipinski definition) is 2. The first kappa shape index (κ1) is 91.2. The molecule has 4 atom stereocenters. The van der Waals surface area contributed by atoms with Crippen molar-refractivity contribution in [1.29, 1.82) is 0 Å².